The van der Waals surface area contributed by atoms with E-state index in [9.17, 15) is 14.4 Å². The topological polar surface area (TPSA) is 91.0 Å². The first kappa shape index (κ1) is 29.1. The van der Waals surface area contributed by atoms with Gasteiger partial charge in [0.15, 0.2) is 0 Å². The van der Waals surface area contributed by atoms with Gasteiger partial charge in [-0.2, -0.15) is 0 Å². The van der Waals surface area contributed by atoms with E-state index in [-0.39, 0.29) is 5.57 Å². The summed E-state index contributed by atoms with van der Waals surface area (Å²) < 4.78 is 6.10. The number of urea groups is 1. The molecule has 2 aliphatic rings. The zero-order chi connectivity index (χ0) is 29.4. The van der Waals surface area contributed by atoms with Crippen LogP contribution in [0.1, 0.15) is 38.8 Å². The van der Waals surface area contributed by atoms with Crippen LogP contribution >= 0.6 is 0 Å². The summed E-state index contributed by atoms with van der Waals surface area (Å²) in [6.07, 6.45) is 10.6. The Morgan fingerprint density at radius 1 is 0.610 bits per heavy atom. The van der Waals surface area contributed by atoms with Gasteiger partial charge >= 0.3 is 6.03 Å². The maximum absolute atomic E-state index is 12.6. The number of imide groups is 2. The monoisotopic (exact) mass is 552 g/mol. The molecule has 2 aliphatic heterocycles. The Morgan fingerprint density at radius 3 is 1.37 bits per heavy atom. The molecule has 0 unspecified atom stereocenters. The number of benzene rings is 2. The molecule has 0 radical (unpaired) electrons. The molecule has 2 N–H and O–H groups in total. The van der Waals surface area contributed by atoms with Crippen molar-refractivity contribution in [2.75, 3.05) is 36.0 Å². The zero-order valence-electron chi connectivity index (χ0n) is 23.9. The number of nitrogens with zero attached hydrogens (tertiary/aromatic N) is 2. The number of amides is 4. The van der Waals surface area contributed by atoms with Gasteiger partial charge in [0.1, 0.15) is 17.1 Å². The van der Waals surface area contributed by atoms with Gasteiger partial charge in [-0.05, 0) is 87.4 Å². The maximum Gasteiger partial charge on any atom is 0.328 e. The highest BCUT2D eigenvalue weighted by atomic mass is 16.5. The molecule has 0 aromatic heterocycles. The quantitative estimate of drug-likeness (QED) is 0.296. The van der Waals surface area contributed by atoms with Gasteiger partial charge in [-0.25, -0.2) is 4.79 Å². The Balaban J connectivity index is 1.62. The van der Waals surface area contributed by atoms with Gasteiger partial charge in [0.25, 0.3) is 11.8 Å². The highest BCUT2D eigenvalue weighted by Gasteiger charge is 2.31. The lowest BCUT2D eigenvalue weighted by atomic mass is 10.0. The highest BCUT2D eigenvalue weighted by molar-refractivity contribution is 6.29. The molecule has 4 amide bonds. The van der Waals surface area contributed by atoms with E-state index in [1.807, 2.05) is 36.4 Å². The summed E-state index contributed by atoms with van der Waals surface area (Å²) in [6, 6.07) is 15.6. The van der Waals surface area contributed by atoms with Crippen molar-refractivity contribution in [1.82, 2.24) is 10.6 Å². The average molecular weight is 553 g/mol. The van der Waals surface area contributed by atoms with E-state index in [1.54, 1.807) is 24.3 Å². The third-order valence-corrected chi connectivity index (χ3v) is 6.95. The summed E-state index contributed by atoms with van der Waals surface area (Å²) >= 11 is 0. The van der Waals surface area contributed by atoms with E-state index in [0.29, 0.717) is 17.1 Å². The van der Waals surface area contributed by atoms with Crippen LogP contribution in [-0.4, -0.2) is 44.0 Å². The van der Waals surface area contributed by atoms with Gasteiger partial charge in [-0.1, -0.05) is 36.4 Å². The third kappa shape index (κ3) is 7.22. The van der Waals surface area contributed by atoms with Gasteiger partial charge < -0.3 is 14.5 Å². The number of nitrogens with one attached hydrogen (secondary N) is 2. The minimum absolute atomic E-state index is 0.156. The Kier molecular flexibility index (Phi) is 9.58. The van der Waals surface area contributed by atoms with E-state index in [0.717, 1.165) is 48.7 Å². The fourth-order valence-electron chi connectivity index (χ4n) is 4.71. The van der Waals surface area contributed by atoms with Crippen LogP contribution < -0.4 is 20.4 Å². The predicted octanol–water partition coefficient (Wildman–Crippen LogP) is 5.57. The fraction of sp³-hybridized carbons (Fsp3) is 0.242. The maximum atomic E-state index is 12.6. The standard InChI is InChI=1S/C33H36N4O4/c1-5-36(6-2)26-15-9-23(10-16-26)13-19-28-21-25(30-31(38)34-33(40)35-32(30)39)22-29(41-28)20-14-24-11-17-27(18-12-24)37(7-3)8-4/h9-22H,5-8H2,1-4H3,(H2,34,35,38,39,40)/b19-13-,20-14+. The summed E-state index contributed by atoms with van der Waals surface area (Å²) in [6.45, 7) is 12.2. The number of barbiturate groups is 1. The summed E-state index contributed by atoms with van der Waals surface area (Å²) in [5.74, 6) is -0.628. The lowest BCUT2D eigenvalue weighted by molar-refractivity contribution is -0.124. The molecule has 2 aromatic carbocycles. The third-order valence-electron chi connectivity index (χ3n) is 6.95. The molecule has 8 nitrogen and oxygen atoms in total. The number of rotatable bonds is 10. The van der Waals surface area contributed by atoms with Crippen molar-refractivity contribution in [2.45, 2.75) is 27.7 Å². The largest absolute Gasteiger partial charge is 0.457 e. The summed E-state index contributed by atoms with van der Waals surface area (Å²) in [4.78, 5) is 41.3. The van der Waals surface area contributed by atoms with E-state index < -0.39 is 17.8 Å². The normalized spacial score (nSPS) is 15.5. The first-order chi connectivity index (χ1) is 19.8. The first-order valence-electron chi connectivity index (χ1n) is 13.9. The van der Waals surface area contributed by atoms with Crippen LogP contribution in [0.2, 0.25) is 0 Å². The molecule has 212 valence electrons. The van der Waals surface area contributed by atoms with Gasteiger partial charge in [0.2, 0.25) is 0 Å². The molecule has 0 bridgehead atoms. The van der Waals surface area contributed by atoms with Crippen molar-refractivity contribution >= 4 is 41.4 Å². The van der Waals surface area contributed by atoms with Crippen molar-refractivity contribution in [1.29, 1.82) is 0 Å². The number of ether oxygens (including phenoxy) is 1. The lowest BCUT2D eigenvalue weighted by Crippen LogP contribution is -2.51. The van der Waals surface area contributed by atoms with Crippen molar-refractivity contribution < 1.29 is 19.1 Å². The summed E-state index contributed by atoms with van der Waals surface area (Å²) in [5.41, 5.74) is 4.42. The molecule has 41 heavy (non-hydrogen) atoms. The second-order valence-electron chi connectivity index (χ2n) is 9.46. The molecule has 2 heterocycles. The van der Waals surface area contributed by atoms with Crippen LogP contribution in [0.5, 0.6) is 0 Å². The summed E-state index contributed by atoms with van der Waals surface area (Å²) in [5, 5.41) is 4.28. The molecule has 4 rings (SSSR count). The van der Waals surface area contributed by atoms with Crippen molar-refractivity contribution in [3.63, 3.8) is 0 Å². The number of hydrogen-bond acceptors (Lipinski definition) is 6. The fourth-order valence-corrected chi connectivity index (χ4v) is 4.71. The predicted molar refractivity (Wildman–Crippen MR) is 164 cm³/mol. The van der Waals surface area contributed by atoms with Crippen LogP contribution in [0.15, 0.2) is 95.5 Å². The lowest BCUT2D eigenvalue weighted by Gasteiger charge is -2.21. The Bertz CT molecular complexity index is 1330. The Morgan fingerprint density at radius 2 is 1.00 bits per heavy atom. The summed E-state index contributed by atoms with van der Waals surface area (Å²) in [7, 11) is 0. The number of hydrogen-bond donors (Lipinski definition) is 2. The smallest absolute Gasteiger partial charge is 0.328 e. The van der Waals surface area contributed by atoms with Gasteiger partial charge in [-0.3, -0.25) is 20.2 Å². The van der Waals surface area contributed by atoms with E-state index in [4.69, 9.17) is 4.74 Å². The van der Waals surface area contributed by atoms with Crippen LogP contribution in [0, 0.1) is 0 Å². The molecule has 1 fully saturated rings. The minimum Gasteiger partial charge on any atom is -0.457 e. The molecule has 0 saturated carbocycles. The zero-order valence-corrected chi connectivity index (χ0v) is 23.9. The SMILES string of the molecule is CCN(CC)c1ccc(/C=C\C2=CC(=C3C(=O)NC(=O)NC3=O)C=C(/C=C/c3ccc(N(CC)CC)cc3)O2)cc1. The minimum atomic E-state index is -0.842. The van der Waals surface area contributed by atoms with Crippen LogP contribution in [-0.2, 0) is 14.3 Å². The molecule has 0 aliphatic carbocycles. The molecule has 8 heteroatoms. The second-order valence-corrected chi connectivity index (χ2v) is 9.46. The van der Waals surface area contributed by atoms with E-state index in [1.165, 1.54) is 0 Å². The Hall–Kier alpha value is -4.85. The number of carbonyl (C=O) groups is 3. The van der Waals surface area contributed by atoms with Crippen LogP contribution in [0.25, 0.3) is 12.2 Å². The molecular formula is C33H36N4O4. The van der Waals surface area contributed by atoms with Crippen molar-refractivity contribution in [3.8, 4) is 0 Å². The molecule has 0 spiro atoms. The molecule has 2 aromatic rings. The van der Waals surface area contributed by atoms with E-state index >= 15 is 0 Å². The second kappa shape index (κ2) is 13.5. The average Bonchev–Trinajstić information content (AvgIpc) is 2.97. The number of anilines is 2. The molecule has 1 saturated heterocycles. The first-order valence-corrected chi connectivity index (χ1v) is 13.9. The highest BCUT2D eigenvalue weighted by Crippen LogP contribution is 2.26. The van der Waals surface area contributed by atoms with Gasteiger partial charge in [-0.15, -0.1) is 0 Å². The van der Waals surface area contributed by atoms with Crippen LogP contribution in [0.3, 0.4) is 0 Å². The van der Waals surface area contributed by atoms with Gasteiger partial charge in [0.05, 0.1) is 0 Å². The van der Waals surface area contributed by atoms with E-state index in [2.05, 4.69) is 72.4 Å². The molecule has 0 atom stereocenters. The number of carbonyl (C=O) groups excluding carboxylic acids is 3. The van der Waals surface area contributed by atoms with Crippen molar-refractivity contribution in [3.05, 3.63) is 107 Å². The van der Waals surface area contributed by atoms with Crippen LogP contribution in [0.4, 0.5) is 16.2 Å². The molecular weight excluding hydrogens is 516 g/mol. The Labute approximate surface area is 241 Å². The van der Waals surface area contributed by atoms with Gasteiger partial charge in [0, 0.05) is 43.1 Å². The van der Waals surface area contributed by atoms with Crippen molar-refractivity contribution in [2.24, 2.45) is 0 Å². The number of allylic oxidation sites excluding steroid dienone is 5.